The van der Waals surface area contributed by atoms with Crippen LogP contribution in [-0.2, 0) is 12.6 Å². The number of piperidine rings is 1. The Balaban J connectivity index is 0.00000259. The van der Waals surface area contributed by atoms with Gasteiger partial charge in [0.15, 0.2) is 5.82 Å². The van der Waals surface area contributed by atoms with Crippen molar-refractivity contribution in [3.8, 4) is 11.5 Å². The van der Waals surface area contributed by atoms with Crippen LogP contribution in [0.25, 0.3) is 17.1 Å². The first-order chi connectivity index (χ1) is 15.4. The van der Waals surface area contributed by atoms with Crippen LogP contribution in [-0.4, -0.2) is 37.8 Å². The first-order valence-electron chi connectivity index (χ1n) is 10.2. The van der Waals surface area contributed by atoms with Crippen molar-refractivity contribution in [2.45, 2.75) is 31.4 Å². The number of aromatic amines is 1. The monoisotopic (exact) mass is 480 g/mol. The van der Waals surface area contributed by atoms with Gasteiger partial charge in [-0.1, -0.05) is 23.4 Å². The Bertz CT molecular complexity index is 1320. The molecule has 5 rings (SSSR count). The average Bonchev–Trinajstić information content (AvgIpc) is 3.40. The molecule has 0 aliphatic carbocycles. The fourth-order valence-electron chi connectivity index (χ4n) is 4.05. The van der Waals surface area contributed by atoms with Crippen molar-refractivity contribution >= 4 is 18.1 Å². The molecule has 0 atom stereocenters. The van der Waals surface area contributed by atoms with Gasteiger partial charge in [0.05, 0.1) is 17.5 Å². The molecule has 3 aromatic heterocycles. The van der Waals surface area contributed by atoms with E-state index < -0.39 is 11.7 Å². The summed E-state index contributed by atoms with van der Waals surface area (Å²) in [6.07, 6.45) is -1.01. The Morgan fingerprint density at radius 1 is 1.18 bits per heavy atom. The molecule has 4 aromatic rings. The van der Waals surface area contributed by atoms with E-state index in [1.807, 2.05) is 0 Å². The molecule has 0 unspecified atom stereocenters. The number of rotatable bonds is 4. The first-order valence-corrected chi connectivity index (χ1v) is 10.2. The van der Waals surface area contributed by atoms with Crippen LogP contribution >= 0.6 is 12.4 Å². The molecule has 8 nitrogen and oxygen atoms in total. The molecule has 0 saturated carbocycles. The first kappa shape index (κ1) is 23.0. The number of benzene rings is 1. The number of nitrogens with one attached hydrogen (secondary N) is 2. The van der Waals surface area contributed by atoms with Crippen molar-refractivity contribution in [1.82, 2.24) is 30.1 Å². The molecule has 0 amide bonds. The van der Waals surface area contributed by atoms with E-state index in [-0.39, 0.29) is 42.0 Å². The smallest absolute Gasteiger partial charge is 0.334 e. The third kappa shape index (κ3) is 4.64. The van der Waals surface area contributed by atoms with Gasteiger partial charge in [-0.2, -0.15) is 23.3 Å². The molecule has 1 fully saturated rings. The highest BCUT2D eigenvalue weighted by atomic mass is 35.5. The second-order valence-corrected chi connectivity index (χ2v) is 7.79. The fraction of sp³-hybridized carbons (Fsp3) is 0.333. The quantitative estimate of drug-likeness (QED) is 0.463. The standard InChI is InChI=1S/C21H19F3N6O2.ClH/c22-21(23,24)14-3-1-2-12(8-14)9-17-27-20(32-29-17)15-11-26-30-16(10-18(31)28-19(15)30)13-4-6-25-7-5-13;/h1-3,8,10-11,13,25H,4-7,9H2,(H,28,31);1H. The highest BCUT2D eigenvalue weighted by Gasteiger charge is 2.30. The molecule has 1 aromatic carbocycles. The van der Waals surface area contributed by atoms with Gasteiger partial charge in [-0.05, 0) is 37.6 Å². The van der Waals surface area contributed by atoms with Crippen LogP contribution < -0.4 is 10.9 Å². The van der Waals surface area contributed by atoms with Gasteiger partial charge >= 0.3 is 6.18 Å². The zero-order chi connectivity index (χ0) is 22.3. The topological polar surface area (TPSA) is 101 Å². The van der Waals surface area contributed by atoms with Gasteiger partial charge in [-0.15, -0.1) is 12.4 Å². The van der Waals surface area contributed by atoms with Crippen LogP contribution in [0.2, 0.25) is 0 Å². The van der Waals surface area contributed by atoms with Gasteiger partial charge in [-0.25, -0.2) is 4.52 Å². The van der Waals surface area contributed by atoms with Crippen molar-refractivity contribution in [3.63, 3.8) is 0 Å². The van der Waals surface area contributed by atoms with E-state index in [2.05, 4.69) is 25.5 Å². The SMILES string of the molecule is Cl.O=c1cc(C2CCNCC2)n2ncc(-c3nc(Cc4cccc(C(F)(F)F)c4)no3)c2[nH]1. The Labute approximate surface area is 191 Å². The van der Waals surface area contributed by atoms with Crippen molar-refractivity contribution in [2.75, 3.05) is 13.1 Å². The molecule has 1 aliphatic rings. The maximum atomic E-state index is 13.0. The van der Waals surface area contributed by atoms with Gasteiger partial charge in [0.25, 0.3) is 11.4 Å². The summed E-state index contributed by atoms with van der Waals surface area (Å²) >= 11 is 0. The van der Waals surface area contributed by atoms with Crippen LogP contribution in [0, 0.1) is 0 Å². The van der Waals surface area contributed by atoms with Gasteiger partial charge in [0.1, 0.15) is 11.2 Å². The number of hydrogen-bond donors (Lipinski definition) is 2. The van der Waals surface area contributed by atoms with Crippen molar-refractivity contribution in [2.24, 2.45) is 0 Å². The molecule has 1 aliphatic heterocycles. The van der Waals surface area contributed by atoms with Crippen molar-refractivity contribution in [3.05, 3.63) is 69.5 Å². The number of halogens is 4. The minimum Gasteiger partial charge on any atom is -0.334 e. The zero-order valence-corrected chi connectivity index (χ0v) is 18.0. The summed E-state index contributed by atoms with van der Waals surface area (Å²) < 4.78 is 45.9. The van der Waals surface area contributed by atoms with E-state index >= 15 is 0 Å². The lowest BCUT2D eigenvalue weighted by molar-refractivity contribution is -0.137. The average molecular weight is 481 g/mol. The lowest BCUT2D eigenvalue weighted by atomic mass is 9.94. The molecule has 174 valence electrons. The van der Waals surface area contributed by atoms with Gasteiger partial charge in [0, 0.05) is 18.4 Å². The van der Waals surface area contributed by atoms with Crippen molar-refractivity contribution in [1.29, 1.82) is 0 Å². The molecule has 0 bridgehead atoms. The van der Waals surface area contributed by atoms with Crippen LogP contribution in [0.5, 0.6) is 0 Å². The molecule has 4 heterocycles. The van der Waals surface area contributed by atoms with Crippen LogP contribution in [0.1, 0.15) is 41.4 Å². The number of fused-ring (bicyclic) bond motifs is 1. The number of nitrogens with zero attached hydrogens (tertiary/aromatic N) is 4. The second-order valence-electron chi connectivity index (χ2n) is 7.79. The van der Waals surface area contributed by atoms with E-state index in [0.29, 0.717) is 16.8 Å². The number of hydrogen-bond acceptors (Lipinski definition) is 6. The summed E-state index contributed by atoms with van der Waals surface area (Å²) in [5, 5.41) is 11.6. The third-order valence-corrected chi connectivity index (χ3v) is 5.61. The summed E-state index contributed by atoms with van der Waals surface area (Å²) in [7, 11) is 0. The molecule has 2 N–H and O–H groups in total. The van der Waals surface area contributed by atoms with E-state index in [1.165, 1.54) is 12.3 Å². The predicted molar refractivity (Wildman–Crippen MR) is 115 cm³/mol. The molecular formula is C21H20ClF3N6O2. The lowest BCUT2D eigenvalue weighted by Crippen LogP contribution is -2.28. The molecule has 0 spiro atoms. The van der Waals surface area contributed by atoms with Crippen LogP contribution in [0.3, 0.4) is 0 Å². The Kier molecular flexibility index (Phi) is 6.26. The van der Waals surface area contributed by atoms with E-state index in [9.17, 15) is 18.0 Å². The van der Waals surface area contributed by atoms with Gasteiger partial charge in [0.2, 0.25) is 0 Å². The Morgan fingerprint density at radius 2 is 1.97 bits per heavy atom. The molecule has 1 saturated heterocycles. The zero-order valence-electron chi connectivity index (χ0n) is 17.2. The summed E-state index contributed by atoms with van der Waals surface area (Å²) in [6.45, 7) is 1.74. The fourth-order valence-corrected chi connectivity index (χ4v) is 4.05. The summed E-state index contributed by atoms with van der Waals surface area (Å²) in [5.74, 6) is 0.573. The highest BCUT2D eigenvalue weighted by molar-refractivity contribution is 5.85. The second kappa shape index (κ2) is 8.99. The van der Waals surface area contributed by atoms with Crippen LogP contribution in [0.15, 0.2) is 45.8 Å². The maximum absolute atomic E-state index is 13.0. The van der Waals surface area contributed by atoms with Gasteiger partial charge < -0.3 is 14.8 Å². The number of alkyl halides is 3. The van der Waals surface area contributed by atoms with Gasteiger partial charge in [-0.3, -0.25) is 4.79 Å². The normalized spacial score (nSPS) is 15.0. The Morgan fingerprint density at radius 3 is 2.73 bits per heavy atom. The molecule has 12 heteroatoms. The molecule has 0 radical (unpaired) electrons. The molecular weight excluding hydrogens is 461 g/mol. The lowest BCUT2D eigenvalue weighted by Gasteiger charge is -2.23. The molecule has 33 heavy (non-hydrogen) atoms. The number of aromatic nitrogens is 5. The third-order valence-electron chi connectivity index (χ3n) is 5.61. The summed E-state index contributed by atoms with van der Waals surface area (Å²) in [5.41, 5.74) is 1.15. The van der Waals surface area contributed by atoms with E-state index in [4.69, 9.17) is 4.52 Å². The largest absolute Gasteiger partial charge is 0.416 e. The minimum atomic E-state index is -4.42. The minimum absolute atomic E-state index is 0. The summed E-state index contributed by atoms with van der Waals surface area (Å²) in [6, 6.07) is 6.56. The number of H-pyrrole nitrogens is 1. The Hall–Kier alpha value is -3.18. The van der Waals surface area contributed by atoms with Crippen molar-refractivity contribution < 1.29 is 17.7 Å². The van der Waals surface area contributed by atoms with E-state index in [1.54, 1.807) is 16.6 Å². The van der Waals surface area contributed by atoms with Crippen LogP contribution in [0.4, 0.5) is 13.2 Å². The highest BCUT2D eigenvalue weighted by Crippen LogP contribution is 2.30. The van der Waals surface area contributed by atoms with E-state index in [0.717, 1.165) is 43.8 Å². The predicted octanol–water partition coefficient (Wildman–Crippen LogP) is 3.57. The summed E-state index contributed by atoms with van der Waals surface area (Å²) in [4.78, 5) is 19.4. The maximum Gasteiger partial charge on any atom is 0.416 e.